The van der Waals surface area contributed by atoms with E-state index in [4.69, 9.17) is 0 Å². The zero-order valence-corrected chi connectivity index (χ0v) is 6.01. The lowest BCUT2D eigenvalue weighted by Gasteiger charge is -1.94. The summed E-state index contributed by atoms with van der Waals surface area (Å²) in [6.45, 7) is 0. The van der Waals surface area contributed by atoms with Crippen LogP contribution in [0.3, 0.4) is 0 Å². The quantitative estimate of drug-likeness (QED) is 0.583. The molecule has 0 saturated heterocycles. The third-order valence-electron chi connectivity index (χ3n) is 1.04. The molecule has 1 heterocycles. The molecule has 1 amide bonds. The molecule has 0 aliphatic heterocycles. The van der Waals surface area contributed by atoms with E-state index in [1.165, 1.54) is 0 Å². The topological polar surface area (TPSA) is 42.0 Å². The Bertz CT molecular complexity index is 224. The molecule has 4 heteroatoms. The summed E-state index contributed by atoms with van der Waals surface area (Å²) in [4.78, 5) is 14.6. The second-order valence-electron chi connectivity index (χ2n) is 1.68. The first-order valence-corrected chi connectivity index (χ1v) is 3.14. The summed E-state index contributed by atoms with van der Waals surface area (Å²) >= 11 is 3.61. The minimum Gasteiger partial charge on any atom is -0.299 e. The number of amides is 1. The minimum absolute atomic E-state index is 0.217. The fraction of sp³-hybridized carbons (Fsp3) is 0. The molecular weight excluding hydrogens is 148 g/mol. The van der Waals surface area contributed by atoms with Gasteiger partial charge in [-0.05, 0) is 12.1 Å². The van der Waals surface area contributed by atoms with Gasteiger partial charge in [-0.25, -0.2) is 0 Å². The summed E-state index contributed by atoms with van der Waals surface area (Å²) in [5, 5.41) is 0. The standard InChI is InChI=1S/C6H6N2OS/c9-6(8-10)5-1-3-7-4-2-5/h1-4,10H,(H,8,9). The average molecular weight is 154 g/mol. The van der Waals surface area contributed by atoms with E-state index < -0.39 is 0 Å². The number of hydrogen-bond acceptors (Lipinski definition) is 3. The molecule has 0 atom stereocenters. The number of hydrogen-bond donors (Lipinski definition) is 2. The monoisotopic (exact) mass is 154 g/mol. The van der Waals surface area contributed by atoms with Crippen LogP contribution >= 0.6 is 12.8 Å². The number of pyridine rings is 1. The van der Waals surface area contributed by atoms with Gasteiger partial charge in [0.25, 0.3) is 5.91 Å². The van der Waals surface area contributed by atoms with Crippen LogP contribution in [-0.4, -0.2) is 10.9 Å². The molecule has 0 saturated carbocycles. The smallest absolute Gasteiger partial charge is 0.261 e. The van der Waals surface area contributed by atoms with E-state index in [9.17, 15) is 4.79 Å². The van der Waals surface area contributed by atoms with Gasteiger partial charge in [0.05, 0.1) is 0 Å². The maximum Gasteiger partial charge on any atom is 0.261 e. The molecule has 3 nitrogen and oxygen atoms in total. The van der Waals surface area contributed by atoms with Gasteiger partial charge >= 0.3 is 0 Å². The normalized spacial score (nSPS) is 8.90. The lowest BCUT2D eigenvalue weighted by atomic mass is 10.3. The van der Waals surface area contributed by atoms with Crippen LogP contribution in [0.5, 0.6) is 0 Å². The molecule has 1 rings (SSSR count). The Morgan fingerprint density at radius 3 is 2.60 bits per heavy atom. The highest BCUT2D eigenvalue weighted by Crippen LogP contribution is 1.94. The number of carbonyl (C=O) groups excluding carboxylic acids is 1. The largest absolute Gasteiger partial charge is 0.299 e. The third-order valence-corrected chi connectivity index (χ3v) is 1.25. The lowest BCUT2D eigenvalue weighted by Crippen LogP contribution is -2.11. The highest BCUT2D eigenvalue weighted by atomic mass is 32.1. The van der Waals surface area contributed by atoms with Crippen molar-refractivity contribution in [2.24, 2.45) is 0 Å². The molecule has 0 radical (unpaired) electrons. The number of rotatable bonds is 1. The van der Waals surface area contributed by atoms with Gasteiger partial charge in [-0.3, -0.25) is 14.5 Å². The van der Waals surface area contributed by atoms with Crippen molar-refractivity contribution in [2.45, 2.75) is 0 Å². The van der Waals surface area contributed by atoms with Gasteiger partial charge in [0.1, 0.15) is 0 Å². The van der Waals surface area contributed by atoms with Crippen LogP contribution in [-0.2, 0) is 0 Å². The van der Waals surface area contributed by atoms with E-state index >= 15 is 0 Å². The number of nitrogens with one attached hydrogen (secondary N) is 1. The van der Waals surface area contributed by atoms with Crippen LogP contribution < -0.4 is 4.72 Å². The molecule has 0 aliphatic carbocycles. The molecule has 0 bridgehead atoms. The van der Waals surface area contributed by atoms with Crippen molar-refractivity contribution in [1.29, 1.82) is 0 Å². The number of carbonyl (C=O) groups is 1. The fourth-order valence-corrected chi connectivity index (χ4v) is 0.697. The zero-order chi connectivity index (χ0) is 7.40. The van der Waals surface area contributed by atoms with Gasteiger partial charge in [0.2, 0.25) is 0 Å². The predicted molar refractivity (Wildman–Crippen MR) is 40.7 cm³/mol. The number of thiol groups is 1. The Labute approximate surface area is 64.0 Å². The molecule has 1 aromatic heterocycles. The molecule has 0 aromatic carbocycles. The Morgan fingerprint density at radius 2 is 2.10 bits per heavy atom. The first-order valence-electron chi connectivity index (χ1n) is 2.69. The maximum atomic E-state index is 10.8. The average Bonchev–Trinajstić information content (AvgIpc) is 2.05. The second-order valence-corrected chi connectivity index (χ2v) is 1.90. The predicted octanol–water partition coefficient (Wildman–Crippen LogP) is 0.656. The van der Waals surface area contributed by atoms with Crippen LogP contribution in [0.25, 0.3) is 0 Å². The molecule has 0 fully saturated rings. The summed E-state index contributed by atoms with van der Waals surface area (Å²) in [5.74, 6) is -0.217. The van der Waals surface area contributed by atoms with E-state index in [0.29, 0.717) is 5.56 Å². The summed E-state index contributed by atoms with van der Waals surface area (Å²) < 4.78 is 2.21. The highest BCUT2D eigenvalue weighted by Gasteiger charge is 1.99. The molecule has 0 aliphatic rings. The summed E-state index contributed by atoms with van der Waals surface area (Å²) in [6.07, 6.45) is 3.11. The molecule has 10 heavy (non-hydrogen) atoms. The van der Waals surface area contributed by atoms with Crippen molar-refractivity contribution in [1.82, 2.24) is 9.71 Å². The highest BCUT2D eigenvalue weighted by molar-refractivity contribution is 7.78. The van der Waals surface area contributed by atoms with Gasteiger partial charge in [-0.2, -0.15) is 0 Å². The van der Waals surface area contributed by atoms with Crippen molar-refractivity contribution in [2.75, 3.05) is 0 Å². The van der Waals surface area contributed by atoms with Gasteiger partial charge < -0.3 is 0 Å². The maximum absolute atomic E-state index is 10.8. The Balaban J connectivity index is 2.85. The van der Waals surface area contributed by atoms with Crippen molar-refractivity contribution in [3.8, 4) is 0 Å². The van der Waals surface area contributed by atoms with Crippen LogP contribution in [0.4, 0.5) is 0 Å². The van der Waals surface area contributed by atoms with E-state index in [0.717, 1.165) is 0 Å². The first kappa shape index (κ1) is 7.08. The molecule has 0 unspecified atom stereocenters. The van der Waals surface area contributed by atoms with Gasteiger partial charge in [0, 0.05) is 18.0 Å². The van der Waals surface area contributed by atoms with Crippen LogP contribution in [0.1, 0.15) is 10.4 Å². The SMILES string of the molecule is O=C(NS)c1ccncc1. The summed E-state index contributed by atoms with van der Waals surface area (Å²) in [7, 11) is 0. The van der Waals surface area contributed by atoms with Crippen molar-refractivity contribution < 1.29 is 4.79 Å². The molecular formula is C6H6N2OS. The second kappa shape index (κ2) is 3.22. The Morgan fingerprint density at radius 1 is 1.50 bits per heavy atom. The number of aromatic nitrogens is 1. The van der Waals surface area contributed by atoms with Crippen LogP contribution in [0.2, 0.25) is 0 Å². The van der Waals surface area contributed by atoms with Crippen LogP contribution in [0.15, 0.2) is 24.5 Å². The summed E-state index contributed by atoms with van der Waals surface area (Å²) in [6, 6.07) is 3.23. The van der Waals surface area contributed by atoms with Gasteiger partial charge in [-0.15, -0.1) is 0 Å². The Kier molecular flexibility index (Phi) is 2.28. The van der Waals surface area contributed by atoms with Crippen molar-refractivity contribution in [3.63, 3.8) is 0 Å². The first-order chi connectivity index (χ1) is 4.84. The van der Waals surface area contributed by atoms with Gasteiger partial charge in [0.15, 0.2) is 0 Å². The molecule has 1 aromatic rings. The lowest BCUT2D eigenvalue weighted by molar-refractivity contribution is 0.0985. The van der Waals surface area contributed by atoms with Crippen molar-refractivity contribution in [3.05, 3.63) is 30.1 Å². The minimum atomic E-state index is -0.217. The van der Waals surface area contributed by atoms with E-state index in [1.54, 1.807) is 24.5 Å². The molecule has 52 valence electrons. The van der Waals surface area contributed by atoms with Gasteiger partial charge in [-0.1, -0.05) is 12.8 Å². The summed E-state index contributed by atoms with van der Waals surface area (Å²) in [5.41, 5.74) is 0.560. The fourth-order valence-electron chi connectivity index (χ4n) is 0.568. The van der Waals surface area contributed by atoms with E-state index in [-0.39, 0.29) is 5.91 Å². The van der Waals surface area contributed by atoms with Crippen molar-refractivity contribution >= 4 is 18.7 Å². The number of nitrogens with zero attached hydrogens (tertiary/aromatic N) is 1. The zero-order valence-electron chi connectivity index (χ0n) is 5.11. The Hall–Kier alpha value is -1.03. The van der Waals surface area contributed by atoms with Crippen LogP contribution in [0, 0.1) is 0 Å². The third kappa shape index (κ3) is 1.48. The van der Waals surface area contributed by atoms with E-state index in [1.807, 2.05) is 0 Å². The molecule has 0 spiro atoms. The van der Waals surface area contributed by atoms with E-state index in [2.05, 4.69) is 22.5 Å². The molecule has 1 N–H and O–H groups in total.